The first kappa shape index (κ1) is 24.0. The molecule has 4 rings (SSSR count). The second kappa shape index (κ2) is 8.87. The van der Waals surface area contributed by atoms with Crippen LogP contribution < -0.4 is 19.9 Å². The molecule has 0 bridgehead atoms. The zero-order chi connectivity index (χ0) is 24.8. The van der Waals surface area contributed by atoms with Gasteiger partial charge in [0.15, 0.2) is 5.11 Å². The molecule has 2 aliphatic heterocycles. The lowest BCUT2D eigenvalue weighted by Crippen LogP contribution is -2.54. The lowest BCUT2D eigenvalue weighted by atomic mass is 9.79. The van der Waals surface area contributed by atoms with E-state index in [1.54, 1.807) is 37.5 Å². The highest BCUT2D eigenvalue weighted by atomic mass is 32.1. The number of ether oxygens (including phenoxy) is 1. The third kappa shape index (κ3) is 4.09. The predicted octanol–water partition coefficient (Wildman–Crippen LogP) is 4.95. The molecule has 0 unspecified atom stereocenters. The molecule has 2 heterocycles. The number of nitrogens with one attached hydrogen (secondary N) is 1. The number of thiocarbonyl (C=S) groups is 1. The van der Waals surface area contributed by atoms with E-state index in [0.29, 0.717) is 17.4 Å². The number of carbonyl (C=O) groups excluding carboxylic acids is 2. The predicted molar refractivity (Wildman–Crippen MR) is 141 cm³/mol. The molecule has 0 saturated carbocycles. The monoisotopic (exact) mass is 477 g/mol. The second-order valence-electron chi connectivity index (χ2n) is 9.59. The van der Waals surface area contributed by atoms with Gasteiger partial charge in [0.1, 0.15) is 11.3 Å². The molecule has 1 fully saturated rings. The fraction of sp³-hybridized carbons (Fsp3) is 0.370. The van der Waals surface area contributed by atoms with Crippen molar-refractivity contribution in [3.05, 3.63) is 58.7 Å². The normalized spacial score (nSPS) is 20.9. The minimum Gasteiger partial charge on any atom is -0.497 e. The number of hydrogen-bond acceptors (Lipinski definition) is 5. The largest absolute Gasteiger partial charge is 0.497 e. The Bertz CT molecular complexity index is 1200. The van der Waals surface area contributed by atoms with E-state index >= 15 is 0 Å². The quantitative estimate of drug-likeness (QED) is 0.384. The number of anilines is 2. The highest BCUT2D eigenvalue weighted by Gasteiger charge is 2.37. The highest BCUT2D eigenvalue weighted by Crippen LogP contribution is 2.44. The summed E-state index contributed by atoms with van der Waals surface area (Å²) in [7, 11) is 1.58. The molecule has 34 heavy (non-hydrogen) atoms. The standard InChI is InChI=1S/C27H31N3O3S/c1-7-29-23-12-16(2)18(13-21(23)17(3)15-27(29,4)5)14-22-24(31)28-26(34)30(25(22)32)19-8-10-20(33-6)11-9-19/h8-14,17H,7,15H2,1-6H3,(H,28,31,34)/b22-14+/t17-/m1/s1. The van der Waals surface area contributed by atoms with Crippen LogP contribution >= 0.6 is 12.2 Å². The fourth-order valence-electron chi connectivity index (χ4n) is 5.18. The molecular formula is C27H31N3O3S. The molecule has 6 nitrogen and oxygen atoms in total. The summed E-state index contributed by atoms with van der Waals surface area (Å²) in [6.07, 6.45) is 2.72. The number of methoxy groups -OCH3 is 1. The van der Waals surface area contributed by atoms with E-state index in [4.69, 9.17) is 17.0 Å². The molecule has 2 aromatic carbocycles. The van der Waals surface area contributed by atoms with Gasteiger partial charge in [-0.3, -0.25) is 19.8 Å². The van der Waals surface area contributed by atoms with E-state index in [2.05, 4.69) is 50.0 Å². The van der Waals surface area contributed by atoms with Crippen LogP contribution in [0, 0.1) is 6.92 Å². The van der Waals surface area contributed by atoms with Crippen LogP contribution in [0.25, 0.3) is 6.08 Å². The minimum atomic E-state index is -0.485. The molecule has 1 saturated heterocycles. The summed E-state index contributed by atoms with van der Waals surface area (Å²) in [6.45, 7) is 11.9. The maximum absolute atomic E-state index is 13.4. The zero-order valence-electron chi connectivity index (χ0n) is 20.6. The van der Waals surface area contributed by atoms with Crippen LogP contribution in [0.5, 0.6) is 5.75 Å². The second-order valence-corrected chi connectivity index (χ2v) is 9.97. The molecule has 2 aliphatic rings. The Labute approximate surface area is 206 Å². The Morgan fingerprint density at radius 3 is 2.50 bits per heavy atom. The number of benzene rings is 2. The lowest BCUT2D eigenvalue weighted by molar-refractivity contribution is -0.122. The summed E-state index contributed by atoms with van der Waals surface area (Å²) >= 11 is 5.32. The number of fused-ring (bicyclic) bond motifs is 1. The van der Waals surface area contributed by atoms with Gasteiger partial charge in [0.05, 0.1) is 12.8 Å². The van der Waals surface area contributed by atoms with Gasteiger partial charge in [0.2, 0.25) is 0 Å². The Kier molecular flexibility index (Phi) is 6.25. The van der Waals surface area contributed by atoms with Crippen LogP contribution in [0.15, 0.2) is 42.0 Å². The van der Waals surface area contributed by atoms with Crippen molar-refractivity contribution in [3.63, 3.8) is 0 Å². The van der Waals surface area contributed by atoms with E-state index in [1.165, 1.54) is 16.2 Å². The molecule has 1 N–H and O–H groups in total. The van der Waals surface area contributed by atoms with Gasteiger partial charge in [0.25, 0.3) is 11.8 Å². The Morgan fingerprint density at radius 1 is 1.21 bits per heavy atom. The van der Waals surface area contributed by atoms with Crippen LogP contribution in [0.4, 0.5) is 11.4 Å². The molecule has 2 aromatic rings. The molecule has 0 radical (unpaired) electrons. The third-order valence-electron chi connectivity index (χ3n) is 6.82. The van der Waals surface area contributed by atoms with Crippen molar-refractivity contribution >= 4 is 46.6 Å². The zero-order valence-corrected chi connectivity index (χ0v) is 21.4. The smallest absolute Gasteiger partial charge is 0.270 e. The minimum absolute atomic E-state index is 0.0589. The molecule has 0 spiro atoms. The molecule has 7 heteroatoms. The van der Waals surface area contributed by atoms with Crippen LogP contribution in [0.2, 0.25) is 0 Å². The number of rotatable bonds is 4. The summed E-state index contributed by atoms with van der Waals surface area (Å²) in [6, 6.07) is 11.3. The first-order valence-corrected chi connectivity index (χ1v) is 12.0. The maximum atomic E-state index is 13.4. The molecule has 0 aromatic heterocycles. The summed E-state index contributed by atoms with van der Waals surface area (Å²) in [5.41, 5.74) is 5.04. The van der Waals surface area contributed by atoms with Gasteiger partial charge in [0, 0.05) is 17.8 Å². The first-order valence-electron chi connectivity index (χ1n) is 11.5. The van der Waals surface area contributed by atoms with Gasteiger partial charge >= 0.3 is 0 Å². The van der Waals surface area contributed by atoms with Gasteiger partial charge in [-0.25, -0.2) is 0 Å². The topological polar surface area (TPSA) is 61.9 Å². The van der Waals surface area contributed by atoms with Crippen LogP contribution in [0.1, 0.15) is 56.7 Å². The molecule has 2 amide bonds. The van der Waals surface area contributed by atoms with Crippen molar-refractivity contribution < 1.29 is 14.3 Å². The lowest BCUT2D eigenvalue weighted by Gasteiger charge is -2.47. The van der Waals surface area contributed by atoms with E-state index in [0.717, 1.165) is 24.1 Å². The maximum Gasteiger partial charge on any atom is 0.270 e. The van der Waals surface area contributed by atoms with E-state index in [1.807, 2.05) is 6.92 Å². The van der Waals surface area contributed by atoms with Crippen molar-refractivity contribution in [2.45, 2.75) is 52.5 Å². The van der Waals surface area contributed by atoms with Gasteiger partial charge in [-0.15, -0.1) is 0 Å². The van der Waals surface area contributed by atoms with Gasteiger partial charge in [-0.05, 0) is 111 Å². The molecule has 178 valence electrons. The average Bonchev–Trinajstić information content (AvgIpc) is 2.77. The number of amides is 2. The summed E-state index contributed by atoms with van der Waals surface area (Å²) in [4.78, 5) is 30.0. The van der Waals surface area contributed by atoms with Crippen molar-refractivity contribution in [1.29, 1.82) is 0 Å². The summed E-state index contributed by atoms with van der Waals surface area (Å²) in [5, 5.41) is 2.73. The molecule has 0 aliphatic carbocycles. The number of nitrogens with zero attached hydrogens (tertiary/aromatic N) is 2. The highest BCUT2D eigenvalue weighted by molar-refractivity contribution is 7.80. The van der Waals surface area contributed by atoms with Crippen molar-refractivity contribution in [3.8, 4) is 5.75 Å². The molecule has 1 atom stereocenters. The average molecular weight is 478 g/mol. The van der Waals surface area contributed by atoms with Gasteiger partial charge in [-0.1, -0.05) is 6.92 Å². The van der Waals surface area contributed by atoms with Gasteiger partial charge < -0.3 is 9.64 Å². The van der Waals surface area contributed by atoms with E-state index in [-0.39, 0.29) is 16.2 Å². The fourth-order valence-corrected chi connectivity index (χ4v) is 5.46. The number of hydrogen-bond donors (Lipinski definition) is 1. The van der Waals surface area contributed by atoms with Gasteiger partial charge in [-0.2, -0.15) is 0 Å². The van der Waals surface area contributed by atoms with Crippen LogP contribution in [-0.4, -0.2) is 36.1 Å². The third-order valence-corrected chi connectivity index (χ3v) is 7.11. The SMILES string of the molecule is CCN1c2cc(C)c(/C=C3\C(=O)NC(=S)N(c4ccc(OC)cc4)C3=O)cc2[C@H](C)CC1(C)C. The molecular weight excluding hydrogens is 446 g/mol. The van der Waals surface area contributed by atoms with E-state index in [9.17, 15) is 9.59 Å². The van der Waals surface area contributed by atoms with E-state index < -0.39 is 11.8 Å². The Morgan fingerprint density at radius 2 is 1.88 bits per heavy atom. The summed E-state index contributed by atoms with van der Waals surface area (Å²) in [5.74, 6) is 0.105. The number of carbonyl (C=O) groups is 2. The van der Waals surface area contributed by atoms with Crippen molar-refractivity contribution in [2.75, 3.05) is 23.5 Å². The first-order chi connectivity index (χ1) is 16.1. The van der Waals surface area contributed by atoms with Crippen LogP contribution in [0.3, 0.4) is 0 Å². The summed E-state index contributed by atoms with van der Waals surface area (Å²) < 4.78 is 5.20. The van der Waals surface area contributed by atoms with Crippen LogP contribution in [-0.2, 0) is 9.59 Å². The van der Waals surface area contributed by atoms with Crippen molar-refractivity contribution in [1.82, 2.24) is 5.32 Å². The Hall–Kier alpha value is -3.19. The van der Waals surface area contributed by atoms with Crippen molar-refractivity contribution in [2.24, 2.45) is 0 Å². The number of aryl methyl sites for hydroxylation is 1. The Balaban J connectivity index is 1.75.